The largest absolute Gasteiger partial charge is 0.652 e. The van der Waals surface area contributed by atoms with Crippen molar-refractivity contribution in [2.24, 2.45) is 0 Å². The number of benzene rings is 4. The van der Waals surface area contributed by atoms with Crippen LogP contribution in [0.25, 0.3) is 22.3 Å². The van der Waals surface area contributed by atoms with Crippen LogP contribution in [0.4, 0.5) is 4.79 Å². The highest BCUT2D eigenvalue weighted by molar-refractivity contribution is 5.77. The molecule has 0 aromatic heterocycles. The van der Waals surface area contributed by atoms with Gasteiger partial charge in [0.05, 0.1) is 0 Å². The van der Waals surface area contributed by atoms with Crippen molar-refractivity contribution in [1.29, 1.82) is 0 Å². The van der Waals surface area contributed by atoms with Gasteiger partial charge in [0.25, 0.3) is 0 Å². The van der Waals surface area contributed by atoms with Gasteiger partial charge >= 0.3 is 0 Å². The molecular weight excluding hydrogens is 372 g/mol. The van der Waals surface area contributed by atoms with Crippen LogP contribution in [0.2, 0.25) is 0 Å². The van der Waals surface area contributed by atoms with E-state index in [1.165, 1.54) is 44.5 Å². The molecule has 0 saturated heterocycles. The third kappa shape index (κ3) is 4.11. The van der Waals surface area contributed by atoms with Gasteiger partial charge in [0.1, 0.15) is 0 Å². The molecule has 4 aromatic carbocycles. The second kappa shape index (κ2) is 8.66. The van der Waals surface area contributed by atoms with E-state index in [9.17, 15) is 0 Å². The van der Waals surface area contributed by atoms with Gasteiger partial charge in [-0.3, -0.25) is 0 Å². The van der Waals surface area contributed by atoms with Crippen LogP contribution >= 0.6 is 0 Å². The molecule has 0 radical (unpaired) electrons. The highest BCUT2D eigenvalue weighted by atomic mass is 16.6. The molecule has 4 aromatic rings. The molecule has 0 unspecified atom stereocenters. The molecule has 2 aliphatic carbocycles. The van der Waals surface area contributed by atoms with Crippen LogP contribution in [0.5, 0.6) is 0 Å². The first-order valence-corrected chi connectivity index (χ1v) is 9.84. The molecule has 30 heavy (non-hydrogen) atoms. The van der Waals surface area contributed by atoms with E-state index in [4.69, 9.17) is 15.0 Å². The molecule has 0 aliphatic heterocycles. The van der Waals surface area contributed by atoms with E-state index >= 15 is 0 Å². The summed E-state index contributed by atoms with van der Waals surface area (Å²) >= 11 is 0. The van der Waals surface area contributed by atoms with Gasteiger partial charge in [-0.15, -0.1) is 0 Å². The molecule has 0 N–H and O–H groups in total. The van der Waals surface area contributed by atoms with Crippen molar-refractivity contribution in [3.63, 3.8) is 0 Å². The van der Waals surface area contributed by atoms with E-state index in [-0.39, 0.29) is 0 Å². The summed E-state index contributed by atoms with van der Waals surface area (Å²) in [6, 6.07) is 34.6. The van der Waals surface area contributed by atoms with E-state index < -0.39 is 6.16 Å². The van der Waals surface area contributed by atoms with Crippen LogP contribution in [0, 0.1) is 0 Å². The Kier molecular flexibility index (Phi) is 5.62. The fourth-order valence-electron chi connectivity index (χ4n) is 4.16. The first kappa shape index (κ1) is 19.5. The molecule has 0 saturated carbocycles. The third-order valence-corrected chi connectivity index (χ3v) is 5.41. The molecule has 2 aliphatic rings. The Morgan fingerprint density at radius 2 is 0.667 bits per heavy atom. The van der Waals surface area contributed by atoms with Crippen molar-refractivity contribution in [2.45, 2.75) is 12.8 Å². The zero-order chi connectivity index (χ0) is 20.9. The molecule has 0 fully saturated rings. The SMILES string of the molecule is O=C([O-])[O-].c1ccc2c(c1)Cc1ccccc1-2.c1ccc2c(c1)Cc1ccccc1-2. The lowest BCUT2D eigenvalue weighted by molar-refractivity contribution is -0.415. The summed E-state index contributed by atoms with van der Waals surface area (Å²) in [6.07, 6.45) is -0.126. The number of fused-ring (bicyclic) bond motifs is 6. The predicted molar refractivity (Wildman–Crippen MR) is 115 cm³/mol. The first-order valence-electron chi connectivity index (χ1n) is 9.84. The lowest BCUT2D eigenvalue weighted by Crippen LogP contribution is -2.37. The van der Waals surface area contributed by atoms with Gasteiger partial charge in [0.2, 0.25) is 0 Å². The number of carbonyl (C=O) groups excluding carboxylic acids is 1. The lowest BCUT2D eigenvalue weighted by atomic mass is 10.1. The zero-order valence-corrected chi connectivity index (χ0v) is 16.4. The second-order valence-electron chi connectivity index (χ2n) is 7.23. The number of hydrogen-bond donors (Lipinski definition) is 0. The van der Waals surface area contributed by atoms with Crippen molar-refractivity contribution in [3.05, 3.63) is 119 Å². The van der Waals surface area contributed by atoms with Crippen LogP contribution in [-0.2, 0) is 12.8 Å². The fourth-order valence-corrected chi connectivity index (χ4v) is 4.16. The van der Waals surface area contributed by atoms with Gasteiger partial charge in [-0.1, -0.05) is 97.1 Å². The molecule has 148 valence electrons. The van der Waals surface area contributed by atoms with Crippen molar-refractivity contribution in [3.8, 4) is 22.3 Å². The van der Waals surface area contributed by atoms with E-state index in [1.54, 1.807) is 0 Å². The molecule has 0 heterocycles. The molecule has 6 rings (SSSR count). The topological polar surface area (TPSA) is 63.2 Å². The van der Waals surface area contributed by atoms with Gasteiger partial charge in [0.15, 0.2) is 0 Å². The molecular formula is C27H20O3-2. The summed E-state index contributed by atoms with van der Waals surface area (Å²) in [5.74, 6) is 0. The Bertz CT molecular complexity index is 1010. The molecule has 0 bridgehead atoms. The van der Waals surface area contributed by atoms with Crippen LogP contribution < -0.4 is 10.2 Å². The Hall–Kier alpha value is -3.85. The van der Waals surface area contributed by atoms with Crippen molar-refractivity contribution < 1.29 is 15.0 Å². The van der Waals surface area contributed by atoms with Gasteiger partial charge in [0, 0.05) is 0 Å². The van der Waals surface area contributed by atoms with Crippen molar-refractivity contribution in [1.82, 2.24) is 0 Å². The maximum atomic E-state index is 8.33. The van der Waals surface area contributed by atoms with E-state index in [0.29, 0.717) is 0 Å². The summed E-state index contributed by atoms with van der Waals surface area (Å²) in [7, 11) is 0. The minimum absolute atomic E-state index is 1.10. The van der Waals surface area contributed by atoms with Crippen molar-refractivity contribution in [2.75, 3.05) is 0 Å². The highest BCUT2D eigenvalue weighted by Gasteiger charge is 2.16. The average Bonchev–Trinajstić information content (AvgIpc) is 3.32. The first-order chi connectivity index (χ1) is 14.6. The minimum atomic E-state index is -2.33. The summed E-state index contributed by atoms with van der Waals surface area (Å²) in [5.41, 5.74) is 11.5. The molecule has 3 heteroatoms. The number of rotatable bonds is 0. The predicted octanol–water partition coefficient (Wildman–Crippen LogP) is 4.07. The molecule has 0 atom stereocenters. The second-order valence-corrected chi connectivity index (χ2v) is 7.23. The normalized spacial score (nSPS) is 11.5. The van der Waals surface area contributed by atoms with E-state index in [2.05, 4.69) is 97.1 Å². The zero-order valence-electron chi connectivity index (χ0n) is 16.4. The molecule has 0 spiro atoms. The van der Waals surface area contributed by atoms with Gasteiger partial charge in [-0.25, -0.2) is 0 Å². The maximum Gasteiger partial charge on any atom is -0.00135 e. The quantitative estimate of drug-likeness (QED) is 0.391. The fraction of sp³-hybridized carbons (Fsp3) is 0.0741. The van der Waals surface area contributed by atoms with Crippen LogP contribution in [0.15, 0.2) is 97.1 Å². The standard InChI is InChI=1S/2C13H10.CH2O3/c2*1-3-7-12-10(5-1)9-11-6-2-4-8-13(11)12;2-1(3)4/h2*1-8H,9H2;(H2,2,3,4)/p-2. The summed E-state index contributed by atoms with van der Waals surface area (Å²) in [6.45, 7) is 0. The van der Waals surface area contributed by atoms with Crippen LogP contribution in [0.3, 0.4) is 0 Å². The van der Waals surface area contributed by atoms with Crippen LogP contribution in [0.1, 0.15) is 22.3 Å². The van der Waals surface area contributed by atoms with Gasteiger partial charge < -0.3 is 15.0 Å². The Balaban J connectivity index is 0.000000124. The number of carboxylic acid groups (broad SMARTS) is 2. The van der Waals surface area contributed by atoms with Gasteiger partial charge in [-0.05, 0) is 63.5 Å². The maximum absolute atomic E-state index is 8.33. The highest BCUT2D eigenvalue weighted by Crippen LogP contribution is 2.36. The van der Waals surface area contributed by atoms with E-state index in [1.807, 2.05) is 0 Å². The summed E-state index contributed by atoms with van der Waals surface area (Å²) in [5, 5.41) is 16.7. The number of hydrogen-bond acceptors (Lipinski definition) is 3. The smallest absolute Gasteiger partial charge is 0.00135 e. The monoisotopic (exact) mass is 392 g/mol. The minimum Gasteiger partial charge on any atom is -0.652 e. The Labute approximate surface area is 175 Å². The average molecular weight is 392 g/mol. The van der Waals surface area contributed by atoms with E-state index in [0.717, 1.165) is 12.8 Å². The Morgan fingerprint density at radius 3 is 0.900 bits per heavy atom. The molecule has 3 nitrogen and oxygen atoms in total. The Morgan fingerprint density at radius 1 is 0.467 bits per heavy atom. The summed E-state index contributed by atoms with van der Waals surface area (Å²) < 4.78 is 0. The summed E-state index contributed by atoms with van der Waals surface area (Å²) in [4.78, 5) is 8.33. The van der Waals surface area contributed by atoms with Crippen LogP contribution in [-0.4, -0.2) is 6.16 Å². The molecule has 0 amide bonds. The van der Waals surface area contributed by atoms with Crippen molar-refractivity contribution >= 4 is 6.16 Å². The third-order valence-electron chi connectivity index (χ3n) is 5.41. The lowest BCUT2D eigenvalue weighted by Gasteiger charge is -1.98. The van der Waals surface area contributed by atoms with Gasteiger partial charge in [-0.2, -0.15) is 0 Å². The number of carbonyl (C=O) groups is 1.